The van der Waals surface area contributed by atoms with Gasteiger partial charge in [0.15, 0.2) is 0 Å². The Kier molecular flexibility index (Phi) is 6.02. The van der Waals surface area contributed by atoms with E-state index in [-0.39, 0.29) is 5.91 Å². The summed E-state index contributed by atoms with van der Waals surface area (Å²) in [6.45, 7) is 4.70. The van der Waals surface area contributed by atoms with E-state index in [1.807, 2.05) is 31.2 Å². The van der Waals surface area contributed by atoms with E-state index in [2.05, 4.69) is 0 Å². The minimum Gasteiger partial charge on any atom is -0.493 e. The molecule has 0 atom stereocenters. The van der Waals surface area contributed by atoms with Crippen LogP contribution in [-0.2, 0) is 4.79 Å². The van der Waals surface area contributed by atoms with Crippen molar-refractivity contribution in [3.8, 4) is 5.75 Å². The molecular weight excluding hydrogens is 294 g/mol. The molecule has 0 unspecified atom stereocenters. The van der Waals surface area contributed by atoms with E-state index in [0.29, 0.717) is 32.8 Å². The first kappa shape index (κ1) is 16.9. The highest BCUT2D eigenvalue weighted by atomic mass is 16.5. The molecule has 1 aromatic rings. The third-order valence-electron chi connectivity index (χ3n) is 3.74. The van der Waals surface area contributed by atoms with Gasteiger partial charge in [-0.3, -0.25) is 4.79 Å². The first-order valence-electron chi connectivity index (χ1n) is 7.85. The lowest BCUT2D eigenvalue weighted by Gasteiger charge is -2.19. The molecule has 1 heterocycles. The standard InChI is InChI=1S/C17H23N3O3/c1-2-23-15-7-4-3-6-14(15)8-9-16(21)19-10-5-11-20(13-12-19)17(18)22/h3-4,6-9H,2,5,10-13H2,1H3,(H2,18,22)/b9-8+. The fraction of sp³-hybridized carbons (Fsp3) is 0.412. The smallest absolute Gasteiger partial charge is 0.314 e. The largest absolute Gasteiger partial charge is 0.493 e. The second kappa shape index (κ2) is 8.22. The number of primary amides is 1. The topological polar surface area (TPSA) is 75.9 Å². The molecule has 0 spiro atoms. The molecule has 2 N–H and O–H groups in total. The van der Waals surface area contributed by atoms with Crippen molar-refractivity contribution in [3.05, 3.63) is 35.9 Å². The molecule has 6 nitrogen and oxygen atoms in total. The summed E-state index contributed by atoms with van der Waals surface area (Å²) in [4.78, 5) is 26.9. The maximum atomic E-state index is 12.3. The minimum atomic E-state index is -0.430. The van der Waals surface area contributed by atoms with Crippen LogP contribution in [0.5, 0.6) is 5.75 Å². The van der Waals surface area contributed by atoms with Crippen molar-refractivity contribution in [2.45, 2.75) is 13.3 Å². The first-order valence-corrected chi connectivity index (χ1v) is 7.85. The molecule has 23 heavy (non-hydrogen) atoms. The summed E-state index contributed by atoms with van der Waals surface area (Å²) in [5.41, 5.74) is 6.17. The maximum absolute atomic E-state index is 12.3. The van der Waals surface area contributed by atoms with Crippen LogP contribution < -0.4 is 10.5 Å². The van der Waals surface area contributed by atoms with Crippen LogP contribution in [0.1, 0.15) is 18.9 Å². The summed E-state index contributed by atoms with van der Waals surface area (Å²) in [5.74, 6) is 0.692. The number of hydrogen-bond acceptors (Lipinski definition) is 3. The fourth-order valence-electron chi connectivity index (χ4n) is 2.53. The Morgan fingerprint density at radius 2 is 1.87 bits per heavy atom. The molecule has 1 aromatic carbocycles. The second-order valence-corrected chi connectivity index (χ2v) is 5.31. The van der Waals surface area contributed by atoms with Crippen molar-refractivity contribution < 1.29 is 14.3 Å². The molecule has 0 radical (unpaired) electrons. The summed E-state index contributed by atoms with van der Waals surface area (Å²) in [6, 6.07) is 7.16. The van der Waals surface area contributed by atoms with Crippen LogP contribution in [0.2, 0.25) is 0 Å². The SMILES string of the molecule is CCOc1ccccc1/C=C/C(=O)N1CCCN(C(N)=O)CC1. The third kappa shape index (κ3) is 4.74. The van der Waals surface area contributed by atoms with Crippen LogP contribution in [0.15, 0.2) is 30.3 Å². The van der Waals surface area contributed by atoms with E-state index >= 15 is 0 Å². The predicted octanol–water partition coefficient (Wildman–Crippen LogP) is 1.71. The van der Waals surface area contributed by atoms with Gasteiger partial charge in [-0.1, -0.05) is 18.2 Å². The van der Waals surface area contributed by atoms with Crippen LogP contribution in [0.25, 0.3) is 6.08 Å². The van der Waals surface area contributed by atoms with Crippen molar-refractivity contribution in [1.82, 2.24) is 9.80 Å². The fourth-order valence-corrected chi connectivity index (χ4v) is 2.53. The lowest BCUT2D eigenvalue weighted by molar-refractivity contribution is -0.125. The zero-order chi connectivity index (χ0) is 16.7. The van der Waals surface area contributed by atoms with E-state index in [1.165, 1.54) is 0 Å². The molecule has 0 aromatic heterocycles. The van der Waals surface area contributed by atoms with Gasteiger partial charge in [-0.25, -0.2) is 4.79 Å². The predicted molar refractivity (Wildman–Crippen MR) is 89.0 cm³/mol. The molecule has 2 rings (SSSR count). The second-order valence-electron chi connectivity index (χ2n) is 5.31. The Balaban J connectivity index is 2.00. The number of urea groups is 1. The van der Waals surface area contributed by atoms with Crippen LogP contribution in [-0.4, -0.2) is 54.5 Å². The molecular formula is C17H23N3O3. The Morgan fingerprint density at radius 1 is 1.17 bits per heavy atom. The monoisotopic (exact) mass is 317 g/mol. The number of nitrogens with zero attached hydrogens (tertiary/aromatic N) is 2. The highest BCUT2D eigenvalue weighted by Crippen LogP contribution is 2.19. The van der Waals surface area contributed by atoms with E-state index in [0.717, 1.165) is 17.7 Å². The van der Waals surface area contributed by atoms with Crippen molar-refractivity contribution in [1.29, 1.82) is 0 Å². The van der Waals surface area contributed by atoms with Gasteiger partial charge in [0.05, 0.1) is 6.61 Å². The van der Waals surface area contributed by atoms with E-state index in [1.54, 1.807) is 22.0 Å². The van der Waals surface area contributed by atoms with Crippen molar-refractivity contribution in [3.63, 3.8) is 0 Å². The van der Waals surface area contributed by atoms with E-state index < -0.39 is 6.03 Å². The summed E-state index contributed by atoms with van der Waals surface area (Å²) in [6.07, 6.45) is 4.06. The normalized spacial score (nSPS) is 15.5. The number of carbonyl (C=O) groups excluding carboxylic acids is 2. The van der Waals surface area contributed by atoms with Crippen LogP contribution in [0, 0.1) is 0 Å². The van der Waals surface area contributed by atoms with Gasteiger partial charge in [-0.2, -0.15) is 0 Å². The number of ether oxygens (including phenoxy) is 1. The van der Waals surface area contributed by atoms with Crippen LogP contribution >= 0.6 is 0 Å². The Hall–Kier alpha value is -2.50. The molecule has 1 aliphatic heterocycles. The lowest BCUT2D eigenvalue weighted by Crippen LogP contribution is -2.39. The Morgan fingerprint density at radius 3 is 2.61 bits per heavy atom. The summed E-state index contributed by atoms with van der Waals surface area (Å²) >= 11 is 0. The molecule has 0 saturated carbocycles. The Labute approximate surface area is 136 Å². The zero-order valence-corrected chi connectivity index (χ0v) is 13.4. The van der Waals surface area contributed by atoms with Gasteiger partial charge in [-0.05, 0) is 25.5 Å². The highest BCUT2D eigenvalue weighted by molar-refractivity contribution is 5.92. The van der Waals surface area contributed by atoms with Gasteiger partial charge in [-0.15, -0.1) is 0 Å². The number of para-hydroxylation sites is 1. The summed E-state index contributed by atoms with van der Waals surface area (Å²) in [7, 11) is 0. The number of hydrogen-bond donors (Lipinski definition) is 1. The summed E-state index contributed by atoms with van der Waals surface area (Å²) < 4.78 is 5.54. The van der Waals surface area contributed by atoms with E-state index in [4.69, 9.17) is 10.5 Å². The maximum Gasteiger partial charge on any atom is 0.314 e. The Bertz CT molecular complexity index is 586. The van der Waals surface area contributed by atoms with Gasteiger partial charge >= 0.3 is 6.03 Å². The third-order valence-corrected chi connectivity index (χ3v) is 3.74. The number of rotatable bonds is 4. The zero-order valence-electron chi connectivity index (χ0n) is 13.4. The molecule has 3 amide bonds. The quantitative estimate of drug-likeness (QED) is 0.859. The molecule has 1 saturated heterocycles. The van der Waals surface area contributed by atoms with Gasteiger partial charge in [0, 0.05) is 37.8 Å². The first-order chi connectivity index (χ1) is 11.1. The number of amides is 3. The average Bonchev–Trinajstić information content (AvgIpc) is 2.80. The van der Waals surface area contributed by atoms with Crippen molar-refractivity contribution in [2.24, 2.45) is 5.73 Å². The minimum absolute atomic E-state index is 0.0670. The van der Waals surface area contributed by atoms with Crippen molar-refractivity contribution in [2.75, 3.05) is 32.8 Å². The van der Waals surface area contributed by atoms with E-state index in [9.17, 15) is 9.59 Å². The molecule has 6 heteroatoms. The molecule has 124 valence electrons. The van der Waals surface area contributed by atoms with Crippen molar-refractivity contribution >= 4 is 18.0 Å². The van der Waals surface area contributed by atoms with Crippen LogP contribution in [0.3, 0.4) is 0 Å². The molecule has 0 aliphatic carbocycles. The van der Waals surface area contributed by atoms with Gasteiger partial charge < -0.3 is 20.3 Å². The molecule has 0 bridgehead atoms. The van der Waals surface area contributed by atoms with Crippen LogP contribution in [0.4, 0.5) is 4.79 Å². The lowest BCUT2D eigenvalue weighted by atomic mass is 10.2. The van der Waals surface area contributed by atoms with Gasteiger partial charge in [0.1, 0.15) is 5.75 Å². The highest BCUT2D eigenvalue weighted by Gasteiger charge is 2.19. The number of nitrogens with two attached hydrogens (primary N) is 1. The summed E-state index contributed by atoms with van der Waals surface area (Å²) in [5, 5.41) is 0. The number of benzene rings is 1. The van der Waals surface area contributed by atoms with Gasteiger partial charge in [0.25, 0.3) is 0 Å². The molecule has 1 fully saturated rings. The number of carbonyl (C=O) groups is 2. The molecule has 1 aliphatic rings. The average molecular weight is 317 g/mol. The van der Waals surface area contributed by atoms with Gasteiger partial charge in [0.2, 0.25) is 5.91 Å².